The molecule has 0 N–H and O–H groups in total. The third-order valence-corrected chi connectivity index (χ3v) is 6.68. The molecule has 12 heteroatoms. The Hall–Kier alpha value is -3.48. The summed E-state index contributed by atoms with van der Waals surface area (Å²) >= 11 is 1.35. The maximum absolute atomic E-state index is 13.6. The molecule has 0 bridgehead atoms. The van der Waals surface area contributed by atoms with Crippen LogP contribution in [-0.4, -0.2) is 65.0 Å². The number of rotatable bonds is 8. The maximum atomic E-state index is 13.6. The van der Waals surface area contributed by atoms with Crippen LogP contribution >= 0.6 is 11.3 Å². The molecule has 1 aliphatic rings. The lowest BCUT2D eigenvalue weighted by molar-refractivity contribution is -0.394. The number of ether oxygens (including phenoxy) is 1. The first kappa shape index (κ1) is 23.7. The number of hydrogen-bond acceptors (Lipinski definition) is 9. The molecule has 0 aliphatic carbocycles. The summed E-state index contributed by atoms with van der Waals surface area (Å²) in [5.41, 5.74) is 0.733. The number of fused-ring (bicyclic) bond motifs is 1. The van der Waals surface area contributed by atoms with E-state index in [1.54, 1.807) is 0 Å². The molecule has 0 radical (unpaired) electrons. The van der Waals surface area contributed by atoms with Crippen LogP contribution in [0.1, 0.15) is 22.8 Å². The minimum Gasteiger partial charge on any atom is -0.379 e. The number of aryl methyl sites for hydroxylation is 1. The van der Waals surface area contributed by atoms with Gasteiger partial charge in [0.15, 0.2) is 5.13 Å². The van der Waals surface area contributed by atoms with Gasteiger partial charge in [0.2, 0.25) is 0 Å². The number of anilines is 1. The van der Waals surface area contributed by atoms with Gasteiger partial charge in [-0.25, -0.2) is 4.98 Å². The van der Waals surface area contributed by atoms with Crippen molar-refractivity contribution in [3.63, 3.8) is 0 Å². The number of morpholine rings is 1. The first-order chi connectivity index (χ1) is 16.4. The number of benzene rings is 2. The Morgan fingerprint density at radius 2 is 1.79 bits per heavy atom. The number of carbonyl (C=O) groups is 1. The molecule has 0 unspecified atom stereocenters. The first-order valence-electron chi connectivity index (χ1n) is 10.8. The molecule has 1 aliphatic heterocycles. The Kier molecular flexibility index (Phi) is 7.10. The number of non-ortho nitro benzene ring substituents is 2. The summed E-state index contributed by atoms with van der Waals surface area (Å²) < 4.78 is 6.30. The summed E-state index contributed by atoms with van der Waals surface area (Å²) in [4.78, 5) is 43.0. The number of amides is 1. The largest absolute Gasteiger partial charge is 0.379 e. The zero-order chi connectivity index (χ0) is 24.2. The molecule has 1 amide bonds. The summed E-state index contributed by atoms with van der Waals surface area (Å²) in [5.74, 6) is -0.574. The maximum Gasteiger partial charge on any atom is 0.277 e. The van der Waals surface area contributed by atoms with Crippen LogP contribution in [-0.2, 0) is 11.2 Å². The minimum atomic E-state index is -0.744. The number of hydrogen-bond donors (Lipinski definition) is 0. The van der Waals surface area contributed by atoms with Crippen molar-refractivity contribution in [2.24, 2.45) is 0 Å². The summed E-state index contributed by atoms with van der Waals surface area (Å²) in [7, 11) is 0. The Balaban J connectivity index is 1.72. The molecule has 0 saturated carbocycles. The predicted molar refractivity (Wildman–Crippen MR) is 128 cm³/mol. The van der Waals surface area contributed by atoms with Crippen LogP contribution in [0.2, 0.25) is 0 Å². The third-order valence-electron chi connectivity index (χ3n) is 5.64. The number of nitro benzene ring substituents is 2. The molecule has 4 rings (SSSR count). The molecule has 1 aromatic heterocycles. The highest BCUT2D eigenvalue weighted by Gasteiger charge is 2.27. The van der Waals surface area contributed by atoms with Crippen LogP contribution in [0.15, 0.2) is 36.4 Å². The van der Waals surface area contributed by atoms with Crippen LogP contribution in [0.5, 0.6) is 0 Å². The van der Waals surface area contributed by atoms with Gasteiger partial charge in [0.1, 0.15) is 0 Å². The van der Waals surface area contributed by atoms with E-state index in [2.05, 4.69) is 16.8 Å². The van der Waals surface area contributed by atoms with Crippen molar-refractivity contribution in [2.75, 3.05) is 44.3 Å². The summed E-state index contributed by atoms with van der Waals surface area (Å²) in [6.45, 7) is 5.53. The van der Waals surface area contributed by atoms with E-state index < -0.39 is 27.1 Å². The molecular formula is C22H23N5O6S. The van der Waals surface area contributed by atoms with E-state index in [0.29, 0.717) is 24.9 Å². The number of thiazole rings is 1. The van der Waals surface area contributed by atoms with Crippen LogP contribution < -0.4 is 4.90 Å². The van der Waals surface area contributed by atoms with E-state index in [0.717, 1.165) is 53.5 Å². The smallest absolute Gasteiger partial charge is 0.277 e. The van der Waals surface area contributed by atoms with Crippen molar-refractivity contribution in [2.45, 2.75) is 13.3 Å². The van der Waals surface area contributed by atoms with Gasteiger partial charge in [-0.05, 0) is 24.1 Å². The number of aromatic nitrogens is 1. The van der Waals surface area contributed by atoms with Gasteiger partial charge in [0.25, 0.3) is 17.3 Å². The van der Waals surface area contributed by atoms with Crippen molar-refractivity contribution in [3.8, 4) is 0 Å². The van der Waals surface area contributed by atoms with Gasteiger partial charge in [-0.1, -0.05) is 24.3 Å². The molecule has 2 heterocycles. The van der Waals surface area contributed by atoms with Crippen molar-refractivity contribution >= 4 is 44.0 Å². The first-order valence-corrected chi connectivity index (χ1v) is 11.6. The SMILES string of the molecule is CCc1ccc2nc(N(CCN3CCOCC3)C(=O)c3cc([N+](=O)[O-])cc([N+](=O)[O-])c3)sc2c1. The molecule has 34 heavy (non-hydrogen) atoms. The number of carbonyl (C=O) groups excluding carboxylic acids is 1. The van der Waals surface area contributed by atoms with Gasteiger partial charge in [0.05, 0.1) is 44.9 Å². The van der Waals surface area contributed by atoms with Crippen molar-refractivity contribution in [3.05, 3.63) is 67.8 Å². The number of nitro groups is 2. The Morgan fingerprint density at radius 3 is 2.41 bits per heavy atom. The van der Waals surface area contributed by atoms with E-state index in [4.69, 9.17) is 4.74 Å². The van der Waals surface area contributed by atoms with Crippen LogP contribution in [0.4, 0.5) is 16.5 Å². The van der Waals surface area contributed by atoms with Gasteiger partial charge in [-0.15, -0.1) is 0 Å². The molecule has 0 spiro atoms. The second-order valence-electron chi connectivity index (χ2n) is 7.82. The average Bonchev–Trinajstić information content (AvgIpc) is 3.27. The molecule has 3 aromatic rings. The number of nitrogens with zero attached hydrogens (tertiary/aromatic N) is 5. The Labute approximate surface area is 198 Å². The van der Waals surface area contributed by atoms with Crippen LogP contribution in [0, 0.1) is 20.2 Å². The van der Waals surface area contributed by atoms with Gasteiger partial charge in [-0.3, -0.25) is 34.8 Å². The van der Waals surface area contributed by atoms with E-state index in [-0.39, 0.29) is 12.1 Å². The summed E-state index contributed by atoms with van der Waals surface area (Å²) in [6, 6.07) is 8.89. The van der Waals surface area contributed by atoms with Crippen LogP contribution in [0.3, 0.4) is 0 Å². The van der Waals surface area contributed by atoms with Crippen LogP contribution in [0.25, 0.3) is 10.2 Å². The second-order valence-corrected chi connectivity index (χ2v) is 8.82. The molecule has 178 valence electrons. The zero-order valence-corrected chi connectivity index (χ0v) is 19.3. The lowest BCUT2D eigenvalue weighted by atomic mass is 10.1. The fraction of sp³-hybridized carbons (Fsp3) is 0.364. The highest BCUT2D eigenvalue weighted by Crippen LogP contribution is 2.32. The van der Waals surface area contributed by atoms with Gasteiger partial charge in [0, 0.05) is 38.3 Å². The lowest BCUT2D eigenvalue weighted by Crippen LogP contribution is -2.43. The highest BCUT2D eigenvalue weighted by atomic mass is 32.1. The van der Waals surface area contributed by atoms with Crippen molar-refractivity contribution < 1.29 is 19.4 Å². The van der Waals surface area contributed by atoms with E-state index in [1.807, 2.05) is 18.2 Å². The lowest BCUT2D eigenvalue weighted by Gasteiger charge is -2.29. The Morgan fingerprint density at radius 1 is 1.12 bits per heavy atom. The zero-order valence-electron chi connectivity index (χ0n) is 18.5. The normalized spacial score (nSPS) is 14.3. The topological polar surface area (TPSA) is 132 Å². The fourth-order valence-corrected chi connectivity index (χ4v) is 4.78. The van der Waals surface area contributed by atoms with E-state index in [9.17, 15) is 25.0 Å². The quantitative estimate of drug-likeness (QED) is 0.349. The molecule has 1 fully saturated rings. The second kappa shape index (κ2) is 10.2. The van der Waals surface area contributed by atoms with Gasteiger partial charge in [-0.2, -0.15) is 0 Å². The molecule has 0 atom stereocenters. The molecule has 2 aromatic carbocycles. The van der Waals surface area contributed by atoms with Gasteiger partial charge < -0.3 is 4.74 Å². The standard InChI is InChI=1S/C22H23N5O6S/c1-2-15-3-4-19-20(11-15)34-22(23-19)25(6-5-24-7-9-33-10-8-24)21(28)16-12-17(26(29)30)14-18(13-16)27(31)32/h3-4,11-14H,2,5-10H2,1H3. The van der Waals surface area contributed by atoms with Crippen molar-refractivity contribution in [1.82, 2.24) is 9.88 Å². The molecule has 11 nitrogen and oxygen atoms in total. The third kappa shape index (κ3) is 5.19. The summed E-state index contributed by atoms with van der Waals surface area (Å²) in [5, 5.41) is 23.1. The molecule has 1 saturated heterocycles. The summed E-state index contributed by atoms with van der Waals surface area (Å²) in [6.07, 6.45) is 0.861. The van der Waals surface area contributed by atoms with E-state index in [1.165, 1.54) is 16.2 Å². The predicted octanol–water partition coefficient (Wildman–Crippen LogP) is 3.65. The average molecular weight is 486 g/mol. The molecular weight excluding hydrogens is 462 g/mol. The van der Waals surface area contributed by atoms with Gasteiger partial charge >= 0.3 is 0 Å². The monoisotopic (exact) mass is 485 g/mol. The minimum absolute atomic E-state index is 0.128. The fourth-order valence-electron chi connectivity index (χ4n) is 3.73. The van der Waals surface area contributed by atoms with Crippen molar-refractivity contribution in [1.29, 1.82) is 0 Å². The highest BCUT2D eigenvalue weighted by molar-refractivity contribution is 7.22. The Bertz CT molecular complexity index is 1210. The van der Waals surface area contributed by atoms with E-state index >= 15 is 0 Å².